The summed E-state index contributed by atoms with van der Waals surface area (Å²) < 4.78 is 18.5. The van der Waals surface area contributed by atoms with Crippen LogP contribution in [0.5, 0.6) is 11.5 Å². The Morgan fingerprint density at radius 1 is 1.10 bits per heavy atom. The number of hydrogen-bond donors (Lipinski definition) is 1. The van der Waals surface area contributed by atoms with Crippen LogP contribution in [0.25, 0.3) is 22.1 Å². The Kier molecular flexibility index (Phi) is 10.8. The first-order chi connectivity index (χ1) is 20.6. The third-order valence-electron chi connectivity index (χ3n) is 7.12. The van der Waals surface area contributed by atoms with Gasteiger partial charge in [-0.2, -0.15) is 0 Å². The molecule has 1 aliphatic heterocycles. The van der Waals surface area contributed by atoms with E-state index in [2.05, 4.69) is 15.6 Å². The quantitative estimate of drug-likeness (QED) is 0.0952. The van der Waals surface area contributed by atoms with E-state index in [1.807, 2.05) is 70.2 Å². The van der Waals surface area contributed by atoms with E-state index in [-0.39, 0.29) is 5.91 Å². The molecule has 5 rings (SSSR count). The van der Waals surface area contributed by atoms with E-state index in [0.717, 1.165) is 53.3 Å². The number of carbonyl (C=O) groups is 1. The molecule has 4 aromatic rings. The molecule has 0 bridgehead atoms. The van der Waals surface area contributed by atoms with E-state index in [1.54, 1.807) is 17.9 Å². The van der Waals surface area contributed by atoms with Crippen LogP contribution < -0.4 is 20.4 Å². The molecule has 1 aliphatic rings. The van der Waals surface area contributed by atoms with E-state index in [0.29, 0.717) is 43.0 Å². The number of aryl methyl sites for hydroxylation is 1. The molecule has 1 N–H and O–H groups in total. The molecule has 2 aromatic heterocycles. The van der Waals surface area contributed by atoms with Gasteiger partial charge in [0.15, 0.2) is 0 Å². The van der Waals surface area contributed by atoms with Crippen LogP contribution in [0, 0.1) is 0 Å². The number of rotatable bonds is 15. The second kappa shape index (κ2) is 15.2. The second-order valence-electron chi connectivity index (χ2n) is 10.3. The van der Waals surface area contributed by atoms with E-state index in [9.17, 15) is 9.59 Å². The highest BCUT2D eigenvalue weighted by molar-refractivity contribution is 8.77. The summed E-state index contributed by atoms with van der Waals surface area (Å²) in [7, 11) is 5.56. The van der Waals surface area contributed by atoms with Crippen LogP contribution in [0.1, 0.15) is 50.6 Å². The van der Waals surface area contributed by atoms with Gasteiger partial charge < -0.3 is 19.2 Å². The minimum atomic E-state index is -0.398. The van der Waals surface area contributed by atoms with Crippen molar-refractivity contribution in [2.75, 3.05) is 19.5 Å². The van der Waals surface area contributed by atoms with Gasteiger partial charge in [-0.15, -0.1) is 5.10 Å². The molecule has 0 saturated carbocycles. The number of nitrogens with zero attached hydrogens (tertiary/aromatic N) is 3. The molecule has 222 valence electrons. The van der Waals surface area contributed by atoms with Crippen molar-refractivity contribution in [3.8, 4) is 22.6 Å². The maximum atomic E-state index is 12.6. The average molecular weight is 609 g/mol. The highest BCUT2D eigenvalue weighted by Crippen LogP contribution is 2.39. The lowest BCUT2D eigenvalue weighted by Crippen LogP contribution is -2.22. The number of amides is 1. The number of hydrogen-bond acceptors (Lipinski definition) is 9. The van der Waals surface area contributed by atoms with Gasteiger partial charge >= 0.3 is 5.63 Å². The number of unbranched alkanes of at least 4 members (excludes halogenated alkanes) is 2. The topological polar surface area (TPSA) is 108 Å². The van der Waals surface area contributed by atoms with Crippen molar-refractivity contribution < 1.29 is 18.7 Å². The fraction of sp³-hybridized carbons (Fsp3) is 0.419. The Morgan fingerprint density at radius 2 is 1.95 bits per heavy atom. The molecule has 0 radical (unpaired) electrons. The zero-order chi connectivity index (χ0) is 29.1. The van der Waals surface area contributed by atoms with Crippen LogP contribution in [-0.4, -0.2) is 45.6 Å². The minimum Gasteiger partial charge on any atom is -0.497 e. The summed E-state index contributed by atoms with van der Waals surface area (Å²) in [6.45, 7) is 1.63. The lowest BCUT2D eigenvalue weighted by atomic mass is 10.1. The molecule has 0 aliphatic carbocycles. The van der Waals surface area contributed by atoms with Gasteiger partial charge in [-0.3, -0.25) is 9.48 Å². The van der Waals surface area contributed by atoms with Gasteiger partial charge in [0.25, 0.3) is 0 Å². The smallest absolute Gasteiger partial charge is 0.344 e. The van der Waals surface area contributed by atoms with Crippen LogP contribution in [0.15, 0.2) is 63.9 Å². The molecule has 2 aromatic carbocycles. The van der Waals surface area contributed by atoms with Crippen molar-refractivity contribution in [3.63, 3.8) is 0 Å². The molecular weight excluding hydrogens is 572 g/mol. The standard InChI is InChI=1S/C31H36N4O5S2/c1-38-25-11-8-22(9-12-25)28-18-23-10-13-26(19-29(23)40-31(28)37)39-16-5-4-15-35-21-24(33-34-35)20-32-30(36)7-3-2-6-27-14-17-41-42-27/h8-13,18-19,21,27H,2-7,14-17,20H2,1H3,(H,32,36). The van der Waals surface area contributed by atoms with Crippen molar-refractivity contribution in [3.05, 3.63) is 70.8 Å². The van der Waals surface area contributed by atoms with Gasteiger partial charge in [0, 0.05) is 35.4 Å². The van der Waals surface area contributed by atoms with Crippen molar-refractivity contribution in [1.29, 1.82) is 0 Å². The first-order valence-electron chi connectivity index (χ1n) is 14.4. The van der Waals surface area contributed by atoms with Crippen molar-refractivity contribution in [1.82, 2.24) is 20.3 Å². The molecule has 3 heterocycles. The van der Waals surface area contributed by atoms with Crippen LogP contribution in [0.3, 0.4) is 0 Å². The Morgan fingerprint density at radius 3 is 2.76 bits per heavy atom. The summed E-state index contributed by atoms with van der Waals surface area (Å²) in [6.07, 6.45) is 8.66. The fourth-order valence-corrected chi connectivity index (χ4v) is 7.78. The zero-order valence-electron chi connectivity index (χ0n) is 23.8. The summed E-state index contributed by atoms with van der Waals surface area (Å²) in [4.78, 5) is 24.8. The van der Waals surface area contributed by atoms with E-state index in [1.165, 1.54) is 18.6 Å². The molecule has 1 atom stereocenters. The molecule has 9 nitrogen and oxygen atoms in total. The normalized spacial score (nSPS) is 14.7. The summed E-state index contributed by atoms with van der Waals surface area (Å²) >= 11 is 0. The number of ether oxygens (including phenoxy) is 2. The molecule has 1 amide bonds. The lowest BCUT2D eigenvalue weighted by Gasteiger charge is -2.08. The molecule has 0 spiro atoms. The molecule has 1 unspecified atom stereocenters. The van der Waals surface area contributed by atoms with Crippen molar-refractivity contribution in [2.45, 2.75) is 63.3 Å². The molecule has 11 heteroatoms. The lowest BCUT2D eigenvalue weighted by molar-refractivity contribution is -0.121. The van der Waals surface area contributed by atoms with E-state index in [4.69, 9.17) is 13.9 Å². The highest BCUT2D eigenvalue weighted by Gasteiger charge is 2.16. The monoisotopic (exact) mass is 608 g/mol. The third kappa shape index (κ3) is 8.54. The summed E-state index contributed by atoms with van der Waals surface area (Å²) in [5, 5.41) is 12.9. The SMILES string of the molecule is COc1ccc(-c2cc3ccc(OCCCCn4cc(CNC(=O)CCCCC5CCSS5)nn4)cc3oc2=O)cc1. The minimum absolute atomic E-state index is 0.0702. The molecular formula is C31H36N4O5S2. The van der Waals surface area contributed by atoms with Crippen molar-refractivity contribution >= 4 is 38.5 Å². The van der Waals surface area contributed by atoms with Gasteiger partial charge in [0.05, 0.1) is 32.0 Å². The highest BCUT2D eigenvalue weighted by atomic mass is 33.1. The van der Waals surface area contributed by atoms with Crippen LogP contribution in [0.4, 0.5) is 0 Å². The van der Waals surface area contributed by atoms with Gasteiger partial charge in [0.2, 0.25) is 5.91 Å². The molecule has 1 fully saturated rings. The number of methoxy groups -OCH3 is 1. The Bertz CT molecular complexity index is 1520. The number of carbonyl (C=O) groups excluding carboxylic acids is 1. The van der Waals surface area contributed by atoms with Crippen LogP contribution in [-0.2, 0) is 17.9 Å². The second-order valence-corrected chi connectivity index (χ2v) is 13.0. The Labute approximate surface area is 253 Å². The molecule has 42 heavy (non-hydrogen) atoms. The number of benzene rings is 2. The van der Waals surface area contributed by atoms with Gasteiger partial charge in [-0.05, 0) is 68.0 Å². The predicted octanol–water partition coefficient (Wildman–Crippen LogP) is 6.25. The van der Waals surface area contributed by atoms with Crippen molar-refractivity contribution in [2.24, 2.45) is 0 Å². The third-order valence-corrected chi connectivity index (χ3v) is 10.1. The number of nitrogens with one attached hydrogen (secondary N) is 1. The zero-order valence-corrected chi connectivity index (χ0v) is 25.4. The van der Waals surface area contributed by atoms with E-state index < -0.39 is 5.63 Å². The van der Waals surface area contributed by atoms with Gasteiger partial charge in [-0.1, -0.05) is 45.4 Å². The number of aromatic nitrogens is 3. The van der Waals surface area contributed by atoms with Gasteiger partial charge in [0.1, 0.15) is 22.8 Å². The number of fused-ring (bicyclic) bond motifs is 1. The first-order valence-corrected chi connectivity index (χ1v) is 16.7. The largest absolute Gasteiger partial charge is 0.497 e. The first kappa shape index (κ1) is 30.0. The van der Waals surface area contributed by atoms with Crippen LogP contribution in [0.2, 0.25) is 0 Å². The maximum absolute atomic E-state index is 12.6. The summed E-state index contributed by atoms with van der Waals surface area (Å²) in [5.41, 5.74) is 2.12. The Balaban J connectivity index is 1.00. The summed E-state index contributed by atoms with van der Waals surface area (Å²) in [6, 6.07) is 14.7. The average Bonchev–Trinajstić information content (AvgIpc) is 3.70. The maximum Gasteiger partial charge on any atom is 0.344 e. The summed E-state index contributed by atoms with van der Waals surface area (Å²) in [5.74, 6) is 2.70. The van der Waals surface area contributed by atoms with E-state index >= 15 is 0 Å². The van der Waals surface area contributed by atoms with Crippen LogP contribution >= 0.6 is 21.6 Å². The Hall–Kier alpha value is -3.44. The molecule has 1 saturated heterocycles. The fourth-order valence-electron chi connectivity index (χ4n) is 4.75. The van der Waals surface area contributed by atoms with Gasteiger partial charge in [-0.25, -0.2) is 4.79 Å². The predicted molar refractivity (Wildman–Crippen MR) is 168 cm³/mol.